The first-order valence-corrected chi connectivity index (χ1v) is 9.67. The van der Waals surface area contributed by atoms with Crippen LogP contribution in [0, 0.1) is 5.92 Å². The van der Waals surface area contributed by atoms with Crippen LogP contribution in [0.3, 0.4) is 0 Å². The van der Waals surface area contributed by atoms with Gasteiger partial charge in [-0.1, -0.05) is 30.3 Å². The minimum Gasteiger partial charge on any atom is -0.491 e. The molecular formula is C21H29N3O3. The number of nitrogens with zero attached hydrogens (tertiary/aromatic N) is 1. The van der Waals surface area contributed by atoms with Crippen molar-refractivity contribution in [3.8, 4) is 5.75 Å². The van der Waals surface area contributed by atoms with Crippen LogP contribution in [0.1, 0.15) is 25.3 Å². The molecule has 0 saturated carbocycles. The van der Waals surface area contributed by atoms with Crippen molar-refractivity contribution in [2.75, 3.05) is 32.9 Å². The minimum atomic E-state index is -0.0558. The van der Waals surface area contributed by atoms with Crippen LogP contribution in [-0.2, 0) is 16.1 Å². The van der Waals surface area contributed by atoms with Gasteiger partial charge in [0.15, 0.2) is 0 Å². The topological polar surface area (TPSA) is 76.8 Å². The fourth-order valence-corrected chi connectivity index (χ4v) is 3.66. The van der Waals surface area contributed by atoms with E-state index in [4.69, 9.17) is 15.3 Å². The van der Waals surface area contributed by atoms with Gasteiger partial charge in [-0.25, -0.2) is 5.84 Å². The zero-order chi connectivity index (χ0) is 19.1. The third-order valence-corrected chi connectivity index (χ3v) is 5.17. The van der Waals surface area contributed by atoms with E-state index in [0.717, 1.165) is 38.2 Å². The van der Waals surface area contributed by atoms with Crippen molar-refractivity contribution in [2.24, 2.45) is 11.8 Å². The van der Waals surface area contributed by atoms with Crippen molar-refractivity contribution in [2.45, 2.75) is 26.3 Å². The first-order chi connectivity index (χ1) is 13.2. The molecule has 1 saturated heterocycles. The van der Waals surface area contributed by atoms with E-state index in [1.807, 2.05) is 6.92 Å². The van der Waals surface area contributed by atoms with Gasteiger partial charge in [0.25, 0.3) is 0 Å². The number of piperidine rings is 1. The average molecular weight is 371 g/mol. The molecule has 146 valence electrons. The van der Waals surface area contributed by atoms with Gasteiger partial charge in [-0.3, -0.25) is 15.1 Å². The molecule has 27 heavy (non-hydrogen) atoms. The Hall–Kier alpha value is -2.15. The molecule has 2 aromatic rings. The van der Waals surface area contributed by atoms with Crippen LogP contribution in [0.15, 0.2) is 36.4 Å². The lowest BCUT2D eigenvalue weighted by Crippen LogP contribution is -2.42. The largest absolute Gasteiger partial charge is 0.491 e. The van der Waals surface area contributed by atoms with Crippen LogP contribution < -0.4 is 16.0 Å². The second-order valence-corrected chi connectivity index (χ2v) is 6.87. The van der Waals surface area contributed by atoms with Gasteiger partial charge in [0.1, 0.15) is 12.4 Å². The van der Waals surface area contributed by atoms with Gasteiger partial charge in [-0.15, -0.1) is 0 Å². The highest BCUT2D eigenvalue weighted by atomic mass is 16.5. The Morgan fingerprint density at radius 3 is 2.70 bits per heavy atom. The molecule has 0 atom stereocenters. The summed E-state index contributed by atoms with van der Waals surface area (Å²) < 4.78 is 11.4. The standard InChI is InChI=1S/C21H29N3O3/c1-2-26-13-14-27-20-8-7-16-5-3-4-6-18(16)19(20)15-24-11-9-17(10-12-24)21(25)23-22/h3-8,17H,2,9-15,22H2,1H3,(H,23,25). The number of nitrogens with one attached hydrogen (secondary N) is 1. The first-order valence-electron chi connectivity index (χ1n) is 9.67. The monoisotopic (exact) mass is 371 g/mol. The van der Waals surface area contributed by atoms with E-state index in [1.165, 1.54) is 16.3 Å². The lowest BCUT2D eigenvalue weighted by molar-refractivity contribution is -0.126. The summed E-state index contributed by atoms with van der Waals surface area (Å²) in [6, 6.07) is 12.5. The van der Waals surface area contributed by atoms with Crippen LogP contribution in [-0.4, -0.2) is 43.7 Å². The average Bonchev–Trinajstić information content (AvgIpc) is 2.72. The molecule has 0 bridgehead atoms. The van der Waals surface area contributed by atoms with Crippen molar-refractivity contribution in [3.63, 3.8) is 0 Å². The molecule has 0 spiro atoms. The fraction of sp³-hybridized carbons (Fsp3) is 0.476. The number of carbonyl (C=O) groups is 1. The number of likely N-dealkylation sites (tertiary alicyclic amines) is 1. The summed E-state index contributed by atoms with van der Waals surface area (Å²) in [5.74, 6) is 6.14. The fourth-order valence-electron chi connectivity index (χ4n) is 3.66. The SMILES string of the molecule is CCOCCOc1ccc2ccccc2c1CN1CCC(C(=O)NN)CC1. The van der Waals surface area contributed by atoms with Crippen molar-refractivity contribution in [1.29, 1.82) is 0 Å². The van der Waals surface area contributed by atoms with Crippen molar-refractivity contribution in [1.82, 2.24) is 10.3 Å². The molecule has 6 nitrogen and oxygen atoms in total. The van der Waals surface area contributed by atoms with Gasteiger partial charge < -0.3 is 9.47 Å². The lowest BCUT2D eigenvalue weighted by atomic mass is 9.95. The molecule has 3 rings (SSSR count). The molecule has 1 aliphatic heterocycles. The van der Waals surface area contributed by atoms with Crippen molar-refractivity contribution in [3.05, 3.63) is 42.0 Å². The summed E-state index contributed by atoms with van der Waals surface area (Å²) in [5.41, 5.74) is 3.48. The Balaban J connectivity index is 1.74. The second-order valence-electron chi connectivity index (χ2n) is 6.87. The van der Waals surface area contributed by atoms with Crippen LogP contribution in [0.5, 0.6) is 5.75 Å². The molecule has 6 heteroatoms. The van der Waals surface area contributed by atoms with E-state index < -0.39 is 0 Å². The number of hydrazine groups is 1. The first kappa shape index (κ1) is 19.6. The van der Waals surface area contributed by atoms with E-state index in [1.54, 1.807) is 0 Å². The van der Waals surface area contributed by atoms with E-state index >= 15 is 0 Å². The zero-order valence-electron chi connectivity index (χ0n) is 15.9. The summed E-state index contributed by atoms with van der Waals surface area (Å²) in [4.78, 5) is 14.1. The van der Waals surface area contributed by atoms with E-state index in [2.05, 4.69) is 46.7 Å². The van der Waals surface area contributed by atoms with Gasteiger partial charge in [-0.2, -0.15) is 0 Å². The Kier molecular flexibility index (Phi) is 7.04. The molecule has 0 radical (unpaired) electrons. The number of hydrogen-bond acceptors (Lipinski definition) is 5. The highest BCUT2D eigenvalue weighted by Gasteiger charge is 2.25. The van der Waals surface area contributed by atoms with Gasteiger partial charge in [-0.05, 0) is 49.7 Å². The van der Waals surface area contributed by atoms with Crippen LogP contribution in [0.2, 0.25) is 0 Å². The maximum Gasteiger partial charge on any atom is 0.237 e. The Labute approximate surface area is 160 Å². The third kappa shape index (κ3) is 4.97. The molecule has 1 aliphatic rings. The molecule has 0 unspecified atom stereocenters. The lowest BCUT2D eigenvalue weighted by Gasteiger charge is -2.31. The molecule has 1 amide bonds. The summed E-state index contributed by atoms with van der Waals surface area (Å²) in [5, 5.41) is 2.43. The second kappa shape index (κ2) is 9.69. The molecular weight excluding hydrogens is 342 g/mol. The van der Waals surface area contributed by atoms with E-state index in [-0.39, 0.29) is 11.8 Å². The number of rotatable bonds is 8. The number of amides is 1. The summed E-state index contributed by atoms with van der Waals surface area (Å²) in [6.07, 6.45) is 1.66. The van der Waals surface area contributed by atoms with Crippen molar-refractivity contribution >= 4 is 16.7 Å². The quantitative estimate of drug-likeness (QED) is 0.323. The molecule has 3 N–H and O–H groups in total. The maximum absolute atomic E-state index is 11.7. The predicted molar refractivity (Wildman–Crippen MR) is 106 cm³/mol. The number of carbonyl (C=O) groups excluding carboxylic acids is 1. The number of ether oxygens (including phenoxy) is 2. The van der Waals surface area contributed by atoms with E-state index in [0.29, 0.717) is 19.8 Å². The summed E-state index contributed by atoms with van der Waals surface area (Å²) >= 11 is 0. The zero-order valence-corrected chi connectivity index (χ0v) is 15.9. The molecule has 1 heterocycles. The van der Waals surface area contributed by atoms with Crippen LogP contribution in [0.4, 0.5) is 0 Å². The number of benzene rings is 2. The van der Waals surface area contributed by atoms with Crippen LogP contribution in [0.25, 0.3) is 10.8 Å². The Morgan fingerprint density at radius 1 is 1.19 bits per heavy atom. The van der Waals surface area contributed by atoms with Gasteiger partial charge >= 0.3 is 0 Å². The third-order valence-electron chi connectivity index (χ3n) is 5.17. The van der Waals surface area contributed by atoms with Crippen LogP contribution >= 0.6 is 0 Å². The van der Waals surface area contributed by atoms with Crippen molar-refractivity contribution < 1.29 is 14.3 Å². The Bertz CT molecular complexity index is 757. The summed E-state index contributed by atoms with van der Waals surface area (Å²) in [6.45, 7) is 6.36. The van der Waals surface area contributed by atoms with E-state index in [9.17, 15) is 4.79 Å². The highest BCUT2D eigenvalue weighted by molar-refractivity contribution is 5.87. The molecule has 0 aliphatic carbocycles. The number of hydrogen-bond donors (Lipinski definition) is 2. The van der Waals surface area contributed by atoms with Gasteiger partial charge in [0.05, 0.1) is 6.61 Å². The highest BCUT2D eigenvalue weighted by Crippen LogP contribution is 2.30. The summed E-state index contributed by atoms with van der Waals surface area (Å²) in [7, 11) is 0. The van der Waals surface area contributed by atoms with Gasteiger partial charge in [0, 0.05) is 24.6 Å². The van der Waals surface area contributed by atoms with Gasteiger partial charge in [0.2, 0.25) is 5.91 Å². The number of fused-ring (bicyclic) bond motifs is 1. The smallest absolute Gasteiger partial charge is 0.237 e. The minimum absolute atomic E-state index is 0.0145. The molecule has 2 aromatic carbocycles. The Morgan fingerprint density at radius 2 is 1.96 bits per heavy atom. The molecule has 0 aromatic heterocycles. The maximum atomic E-state index is 11.7. The number of nitrogens with two attached hydrogens (primary N) is 1. The normalized spacial score (nSPS) is 15.8. The molecule has 1 fully saturated rings. The predicted octanol–water partition coefficient (Wildman–Crippen LogP) is 2.46.